The first-order valence-electron chi connectivity index (χ1n) is 5.05. The first kappa shape index (κ1) is 14.3. The quantitative estimate of drug-likeness (QED) is 0.638. The number of hydrogen-bond donors (Lipinski definition) is 2. The molecule has 0 atom stereocenters. The van der Waals surface area contributed by atoms with Crippen molar-refractivity contribution in [1.82, 2.24) is 5.32 Å². The van der Waals surface area contributed by atoms with Gasteiger partial charge in [0, 0.05) is 12.6 Å². The van der Waals surface area contributed by atoms with Gasteiger partial charge in [0.15, 0.2) is 6.61 Å². The predicted octanol–water partition coefficient (Wildman–Crippen LogP) is 1.58. The number of nitrogens with zero attached hydrogens (tertiary/aromatic N) is 1. The first-order chi connectivity index (χ1) is 8.54. The molecular weight excluding hydrogens is 305 g/mol. The summed E-state index contributed by atoms with van der Waals surface area (Å²) in [5.74, 6) is -0.816. The van der Waals surface area contributed by atoms with Crippen molar-refractivity contribution in [2.75, 3.05) is 18.9 Å². The van der Waals surface area contributed by atoms with E-state index in [1.165, 1.54) is 6.07 Å². The van der Waals surface area contributed by atoms with Gasteiger partial charge in [-0.1, -0.05) is 0 Å². The second kappa shape index (κ2) is 6.81. The highest BCUT2D eigenvalue weighted by Gasteiger charge is 2.09. The minimum Gasteiger partial charge on any atom is -0.482 e. The van der Waals surface area contributed by atoms with Crippen LogP contribution >= 0.6 is 15.9 Å². The predicted molar refractivity (Wildman–Crippen MR) is 67.2 cm³/mol. The molecule has 0 bridgehead atoms. The van der Waals surface area contributed by atoms with Gasteiger partial charge in [0.05, 0.1) is 22.7 Å². The van der Waals surface area contributed by atoms with Crippen LogP contribution in [0.2, 0.25) is 0 Å². The van der Waals surface area contributed by atoms with Crippen molar-refractivity contribution in [2.45, 2.75) is 6.42 Å². The fraction of sp³-hybridized carbons (Fsp3) is 0.273. The fourth-order valence-electron chi connectivity index (χ4n) is 1.12. The van der Waals surface area contributed by atoms with Crippen molar-refractivity contribution in [1.29, 1.82) is 5.26 Å². The van der Waals surface area contributed by atoms with E-state index in [0.717, 1.165) is 6.07 Å². The molecule has 0 saturated carbocycles. The number of carbonyl (C=O) groups excluding carboxylic acids is 1. The molecule has 18 heavy (non-hydrogen) atoms. The molecule has 5 nitrogen and oxygen atoms in total. The highest BCUT2D eigenvalue weighted by molar-refractivity contribution is 9.10. The maximum Gasteiger partial charge on any atom is 0.257 e. The Hall–Kier alpha value is -1.81. The third-order valence-corrected chi connectivity index (χ3v) is 2.58. The molecule has 0 aromatic heterocycles. The van der Waals surface area contributed by atoms with Crippen LogP contribution in [0.1, 0.15) is 6.42 Å². The van der Waals surface area contributed by atoms with E-state index in [1.54, 1.807) is 0 Å². The molecule has 0 aliphatic heterocycles. The molecule has 7 heteroatoms. The molecule has 0 aliphatic carbocycles. The van der Waals surface area contributed by atoms with Crippen LogP contribution in [0.3, 0.4) is 0 Å². The van der Waals surface area contributed by atoms with E-state index in [0.29, 0.717) is 0 Å². The van der Waals surface area contributed by atoms with Crippen molar-refractivity contribution in [3.8, 4) is 11.8 Å². The van der Waals surface area contributed by atoms with E-state index in [9.17, 15) is 9.18 Å². The normalized spacial score (nSPS) is 9.61. The Morgan fingerprint density at radius 1 is 1.61 bits per heavy atom. The van der Waals surface area contributed by atoms with Gasteiger partial charge in [-0.25, -0.2) is 4.39 Å². The van der Waals surface area contributed by atoms with Crippen LogP contribution in [-0.2, 0) is 4.79 Å². The Bertz CT molecular complexity index is 488. The summed E-state index contributed by atoms with van der Waals surface area (Å²) in [4.78, 5) is 11.3. The van der Waals surface area contributed by atoms with Crippen LogP contribution < -0.4 is 15.8 Å². The smallest absolute Gasteiger partial charge is 0.257 e. The number of hydrogen-bond acceptors (Lipinski definition) is 4. The molecular formula is C11H11BrFN3O2. The lowest BCUT2D eigenvalue weighted by molar-refractivity contribution is -0.123. The number of rotatable bonds is 5. The van der Waals surface area contributed by atoms with E-state index >= 15 is 0 Å². The summed E-state index contributed by atoms with van der Waals surface area (Å²) >= 11 is 2.98. The van der Waals surface area contributed by atoms with E-state index < -0.39 is 11.7 Å². The maximum absolute atomic E-state index is 13.2. The van der Waals surface area contributed by atoms with E-state index in [1.807, 2.05) is 6.07 Å². The van der Waals surface area contributed by atoms with E-state index in [2.05, 4.69) is 21.2 Å². The van der Waals surface area contributed by atoms with E-state index in [4.69, 9.17) is 15.7 Å². The summed E-state index contributed by atoms with van der Waals surface area (Å²) in [6, 6.07) is 4.35. The van der Waals surface area contributed by atoms with Gasteiger partial charge in [-0.15, -0.1) is 0 Å². The molecule has 0 fully saturated rings. The van der Waals surface area contributed by atoms with Gasteiger partial charge in [-0.05, 0) is 22.0 Å². The second-order valence-corrected chi connectivity index (χ2v) is 4.21. The first-order valence-corrected chi connectivity index (χ1v) is 5.85. The van der Waals surface area contributed by atoms with Crippen LogP contribution in [0, 0.1) is 17.1 Å². The summed E-state index contributed by atoms with van der Waals surface area (Å²) < 4.78 is 18.5. The van der Waals surface area contributed by atoms with Gasteiger partial charge >= 0.3 is 0 Å². The average molecular weight is 316 g/mol. The number of nitriles is 1. The highest BCUT2D eigenvalue weighted by Crippen LogP contribution is 2.28. The number of nitrogen functional groups attached to an aromatic ring is 1. The number of nitrogens with two attached hydrogens (primary N) is 1. The minimum atomic E-state index is -0.524. The van der Waals surface area contributed by atoms with Gasteiger partial charge in [-0.3, -0.25) is 4.79 Å². The van der Waals surface area contributed by atoms with Crippen molar-refractivity contribution in [2.24, 2.45) is 0 Å². The van der Waals surface area contributed by atoms with Crippen LogP contribution in [0.4, 0.5) is 10.1 Å². The molecule has 0 saturated heterocycles. The summed E-state index contributed by atoms with van der Waals surface area (Å²) in [5.41, 5.74) is 5.83. The average Bonchev–Trinajstić information content (AvgIpc) is 2.32. The number of nitrogens with one attached hydrogen (secondary N) is 1. The monoisotopic (exact) mass is 315 g/mol. The van der Waals surface area contributed by atoms with Gasteiger partial charge in [0.2, 0.25) is 0 Å². The highest BCUT2D eigenvalue weighted by atomic mass is 79.9. The number of halogens is 2. The second-order valence-electron chi connectivity index (χ2n) is 3.35. The molecule has 3 N–H and O–H groups in total. The zero-order chi connectivity index (χ0) is 13.5. The lowest BCUT2D eigenvalue weighted by atomic mass is 10.3. The molecule has 1 rings (SSSR count). The number of amides is 1. The van der Waals surface area contributed by atoms with Crippen LogP contribution in [-0.4, -0.2) is 19.1 Å². The van der Waals surface area contributed by atoms with Crippen molar-refractivity contribution < 1.29 is 13.9 Å². The number of ether oxygens (including phenoxy) is 1. The number of anilines is 1. The zero-order valence-corrected chi connectivity index (χ0v) is 11.0. The standard InChI is InChI=1S/C11H11BrFN3O2/c12-7-4-9(15)10(5-8(7)13)18-6-11(17)16-3-1-2-14/h4-5H,1,3,6,15H2,(H,16,17). The lowest BCUT2D eigenvalue weighted by Gasteiger charge is -2.09. The Morgan fingerprint density at radius 2 is 2.33 bits per heavy atom. The molecule has 0 radical (unpaired) electrons. The van der Waals surface area contributed by atoms with Crippen molar-refractivity contribution in [3.63, 3.8) is 0 Å². The molecule has 0 heterocycles. The Morgan fingerprint density at radius 3 is 3.00 bits per heavy atom. The number of carbonyl (C=O) groups is 1. The van der Waals surface area contributed by atoms with E-state index in [-0.39, 0.29) is 35.5 Å². The third-order valence-electron chi connectivity index (χ3n) is 1.97. The molecule has 96 valence electrons. The number of benzene rings is 1. The van der Waals surface area contributed by atoms with Gasteiger partial charge in [0.25, 0.3) is 5.91 Å². The summed E-state index contributed by atoms with van der Waals surface area (Å²) in [6.45, 7) is -0.0282. The van der Waals surface area contributed by atoms with Gasteiger partial charge in [-0.2, -0.15) is 5.26 Å². The third kappa shape index (κ3) is 4.22. The van der Waals surface area contributed by atoms with Crippen molar-refractivity contribution in [3.05, 3.63) is 22.4 Å². The summed E-state index contributed by atoms with van der Waals surface area (Å²) in [7, 11) is 0. The lowest BCUT2D eigenvalue weighted by Crippen LogP contribution is -2.29. The topological polar surface area (TPSA) is 88.1 Å². The van der Waals surface area contributed by atoms with Crippen LogP contribution in [0.15, 0.2) is 16.6 Å². The van der Waals surface area contributed by atoms with Crippen molar-refractivity contribution >= 4 is 27.5 Å². The molecule has 1 aromatic rings. The maximum atomic E-state index is 13.2. The summed E-state index contributed by atoms with van der Waals surface area (Å²) in [6.07, 6.45) is 0.223. The SMILES string of the molecule is N#CCCNC(=O)COc1cc(F)c(Br)cc1N. The summed E-state index contributed by atoms with van der Waals surface area (Å²) in [5, 5.41) is 10.8. The molecule has 1 aromatic carbocycles. The molecule has 0 spiro atoms. The zero-order valence-electron chi connectivity index (χ0n) is 9.37. The van der Waals surface area contributed by atoms with Gasteiger partial charge < -0.3 is 15.8 Å². The molecule has 0 unspecified atom stereocenters. The van der Waals surface area contributed by atoms with Crippen LogP contribution in [0.5, 0.6) is 5.75 Å². The minimum absolute atomic E-state index is 0.103. The Labute approximate surface area is 112 Å². The largest absolute Gasteiger partial charge is 0.482 e. The fourth-order valence-corrected chi connectivity index (χ4v) is 1.48. The Kier molecular flexibility index (Phi) is 5.39. The Balaban J connectivity index is 2.51. The van der Waals surface area contributed by atoms with Gasteiger partial charge in [0.1, 0.15) is 11.6 Å². The molecule has 0 aliphatic rings. The molecule has 1 amide bonds. The van der Waals surface area contributed by atoms with Crippen LogP contribution in [0.25, 0.3) is 0 Å².